The van der Waals surface area contributed by atoms with Gasteiger partial charge in [0.2, 0.25) is 5.13 Å². The Morgan fingerprint density at radius 3 is 2.87 bits per heavy atom. The van der Waals surface area contributed by atoms with Crippen LogP contribution in [-0.2, 0) is 6.67 Å². The van der Waals surface area contributed by atoms with Crippen LogP contribution in [0.2, 0.25) is 0 Å². The van der Waals surface area contributed by atoms with Crippen LogP contribution in [0.3, 0.4) is 0 Å². The maximum absolute atomic E-state index is 6.02. The molecule has 5 rings (SSSR count). The normalized spacial score (nSPS) is 17.4. The van der Waals surface area contributed by atoms with Crippen LogP contribution >= 0.6 is 23.6 Å². The van der Waals surface area contributed by atoms with Gasteiger partial charge in [-0.1, -0.05) is 41.2 Å². The summed E-state index contributed by atoms with van der Waals surface area (Å²) in [5.74, 6) is 1.13. The number of fused-ring (bicyclic) bond motifs is 1. The molecule has 0 bridgehead atoms. The molecule has 1 aliphatic heterocycles. The van der Waals surface area contributed by atoms with Gasteiger partial charge in [-0.3, -0.25) is 4.90 Å². The van der Waals surface area contributed by atoms with Gasteiger partial charge in [0.15, 0.2) is 15.4 Å². The van der Waals surface area contributed by atoms with Crippen LogP contribution in [-0.4, -0.2) is 32.8 Å². The summed E-state index contributed by atoms with van der Waals surface area (Å²) < 4.78 is 8.70. The Balaban J connectivity index is 1.27. The fourth-order valence-corrected chi connectivity index (χ4v) is 4.86. The molecule has 1 fully saturated rings. The lowest BCUT2D eigenvalue weighted by atomic mass is 9.98. The molecule has 2 aromatic carbocycles. The fourth-order valence-electron chi connectivity index (χ4n) is 3.85. The van der Waals surface area contributed by atoms with Crippen molar-refractivity contribution in [3.05, 3.63) is 63.9 Å². The Morgan fingerprint density at radius 2 is 2.03 bits per heavy atom. The van der Waals surface area contributed by atoms with Crippen LogP contribution < -0.4 is 5.32 Å². The van der Waals surface area contributed by atoms with E-state index in [0.29, 0.717) is 12.6 Å². The number of para-hydroxylation sites is 2. The first kappa shape index (κ1) is 19.4. The SMILES string of the molecule is Cc1ccc(Nc2nn(CN3CCCC(c4nc5ccccc5o4)C3)c(=S)s2)cc1. The van der Waals surface area contributed by atoms with Gasteiger partial charge >= 0.3 is 0 Å². The van der Waals surface area contributed by atoms with Gasteiger partial charge in [0.1, 0.15) is 5.52 Å². The molecule has 6 nitrogen and oxygen atoms in total. The summed E-state index contributed by atoms with van der Waals surface area (Å²) in [4.78, 5) is 7.09. The minimum Gasteiger partial charge on any atom is -0.440 e. The third kappa shape index (κ3) is 4.16. The van der Waals surface area contributed by atoms with Crippen molar-refractivity contribution in [3.63, 3.8) is 0 Å². The molecule has 1 atom stereocenters. The van der Waals surface area contributed by atoms with Crippen LogP contribution in [0.15, 0.2) is 52.9 Å². The number of hydrogen-bond acceptors (Lipinski definition) is 7. The number of piperidine rings is 1. The topological polar surface area (TPSA) is 59.1 Å². The Labute approximate surface area is 184 Å². The van der Waals surface area contributed by atoms with Crippen LogP contribution in [0, 0.1) is 10.9 Å². The van der Waals surface area contributed by atoms with Crippen molar-refractivity contribution in [2.24, 2.45) is 0 Å². The molecule has 154 valence electrons. The molecule has 0 saturated carbocycles. The zero-order valence-corrected chi connectivity index (χ0v) is 18.4. The van der Waals surface area contributed by atoms with Gasteiger partial charge in [-0.15, -0.1) is 5.10 Å². The van der Waals surface area contributed by atoms with Crippen molar-refractivity contribution in [1.29, 1.82) is 0 Å². The number of nitrogens with one attached hydrogen (secondary N) is 1. The van der Waals surface area contributed by atoms with Crippen molar-refractivity contribution < 1.29 is 4.42 Å². The molecule has 3 heterocycles. The average molecular weight is 438 g/mol. The van der Waals surface area contributed by atoms with E-state index in [4.69, 9.17) is 26.7 Å². The predicted octanol–water partition coefficient (Wildman–Crippen LogP) is 5.70. The lowest BCUT2D eigenvalue weighted by molar-refractivity contribution is 0.148. The Bertz CT molecular complexity index is 1180. The molecule has 0 radical (unpaired) electrons. The second-order valence-corrected chi connectivity index (χ2v) is 9.36. The lowest BCUT2D eigenvalue weighted by Gasteiger charge is -2.30. The molecular weight excluding hydrogens is 414 g/mol. The van der Waals surface area contributed by atoms with E-state index in [-0.39, 0.29) is 0 Å². The Hall–Kier alpha value is -2.55. The van der Waals surface area contributed by atoms with Gasteiger partial charge < -0.3 is 9.73 Å². The van der Waals surface area contributed by atoms with Gasteiger partial charge in [0, 0.05) is 18.2 Å². The molecule has 2 aromatic heterocycles. The highest BCUT2D eigenvalue weighted by atomic mass is 32.1. The number of oxazole rings is 1. The Morgan fingerprint density at radius 1 is 1.20 bits per heavy atom. The minimum atomic E-state index is 0.295. The van der Waals surface area contributed by atoms with E-state index in [9.17, 15) is 0 Å². The third-order valence-corrected chi connectivity index (χ3v) is 6.63. The molecule has 0 amide bonds. The monoisotopic (exact) mass is 437 g/mol. The summed E-state index contributed by atoms with van der Waals surface area (Å²) in [6, 6.07) is 16.2. The summed E-state index contributed by atoms with van der Waals surface area (Å²) in [6.45, 7) is 4.68. The first-order valence-electron chi connectivity index (χ1n) is 10.1. The number of rotatable bonds is 5. The highest BCUT2D eigenvalue weighted by molar-refractivity contribution is 7.73. The van der Waals surface area contributed by atoms with E-state index < -0.39 is 0 Å². The molecule has 1 unspecified atom stereocenters. The molecule has 1 N–H and O–H groups in total. The molecule has 30 heavy (non-hydrogen) atoms. The number of aryl methyl sites for hydroxylation is 1. The first-order chi connectivity index (χ1) is 14.6. The van der Waals surface area contributed by atoms with Crippen LogP contribution in [0.1, 0.15) is 30.2 Å². The number of aromatic nitrogens is 3. The molecule has 4 aromatic rings. The van der Waals surface area contributed by atoms with E-state index in [1.807, 2.05) is 28.9 Å². The van der Waals surface area contributed by atoms with Crippen LogP contribution in [0.25, 0.3) is 11.1 Å². The molecule has 0 spiro atoms. The van der Waals surface area contributed by atoms with E-state index in [0.717, 1.165) is 57.7 Å². The van der Waals surface area contributed by atoms with Crippen molar-refractivity contribution >= 4 is 45.5 Å². The van der Waals surface area contributed by atoms with Crippen molar-refractivity contribution in [2.45, 2.75) is 32.4 Å². The number of benzene rings is 2. The van der Waals surface area contributed by atoms with Crippen molar-refractivity contribution in [1.82, 2.24) is 19.7 Å². The van der Waals surface area contributed by atoms with Crippen molar-refractivity contribution in [3.8, 4) is 0 Å². The van der Waals surface area contributed by atoms with Gasteiger partial charge in [-0.05, 0) is 62.8 Å². The summed E-state index contributed by atoms with van der Waals surface area (Å²) >= 11 is 7.07. The van der Waals surface area contributed by atoms with E-state index >= 15 is 0 Å². The van der Waals surface area contributed by atoms with Crippen LogP contribution in [0.4, 0.5) is 10.8 Å². The highest BCUT2D eigenvalue weighted by Gasteiger charge is 2.26. The van der Waals surface area contributed by atoms with Gasteiger partial charge in [-0.25, -0.2) is 9.67 Å². The smallest absolute Gasteiger partial charge is 0.209 e. The number of nitrogens with zero attached hydrogens (tertiary/aromatic N) is 4. The lowest BCUT2D eigenvalue weighted by Crippen LogP contribution is -2.36. The number of anilines is 2. The fraction of sp³-hybridized carbons (Fsp3) is 0.318. The summed E-state index contributed by atoms with van der Waals surface area (Å²) in [7, 11) is 0. The maximum Gasteiger partial charge on any atom is 0.209 e. The van der Waals surface area contributed by atoms with Gasteiger partial charge in [0.05, 0.1) is 6.67 Å². The van der Waals surface area contributed by atoms with Crippen molar-refractivity contribution in [2.75, 3.05) is 18.4 Å². The quantitative estimate of drug-likeness (QED) is 0.404. The first-order valence-corrected chi connectivity index (χ1v) is 11.4. The second kappa shape index (κ2) is 8.29. The number of likely N-dealkylation sites (tertiary alicyclic amines) is 1. The summed E-state index contributed by atoms with van der Waals surface area (Å²) in [5.41, 5.74) is 4.04. The maximum atomic E-state index is 6.02. The van der Waals surface area contributed by atoms with E-state index in [1.165, 1.54) is 16.9 Å². The summed E-state index contributed by atoms with van der Waals surface area (Å²) in [5, 5.41) is 8.86. The zero-order chi connectivity index (χ0) is 20.5. The molecule has 8 heteroatoms. The standard InChI is InChI=1S/C22H23N5OS2/c1-15-8-10-17(11-9-15)23-21-25-27(22(29)30-21)14-26-12-4-5-16(13-26)20-24-18-6-2-3-7-19(18)28-20/h2-3,6-11,16H,4-5,12-14H2,1H3,(H,23,25). The van der Waals surface area contributed by atoms with E-state index in [2.05, 4.69) is 41.4 Å². The Kier molecular flexibility index (Phi) is 5.37. The molecular formula is C22H23N5OS2. The van der Waals surface area contributed by atoms with E-state index in [1.54, 1.807) is 0 Å². The third-order valence-electron chi connectivity index (χ3n) is 5.41. The zero-order valence-electron chi connectivity index (χ0n) is 16.7. The molecule has 1 saturated heterocycles. The minimum absolute atomic E-state index is 0.295. The van der Waals surface area contributed by atoms with Crippen LogP contribution in [0.5, 0.6) is 0 Å². The average Bonchev–Trinajstić information content (AvgIpc) is 3.33. The molecule has 0 aliphatic carbocycles. The second-order valence-electron chi connectivity index (χ2n) is 7.74. The highest BCUT2D eigenvalue weighted by Crippen LogP contribution is 2.29. The van der Waals surface area contributed by atoms with Gasteiger partial charge in [0.25, 0.3) is 0 Å². The summed E-state index contributed by atoms with van der Waals surface area (Å²) in [6.07, 6.45) is 2.20. The predicted molar refractivity (Wildman–Crippen MR) is 123 cm³/mol. The van der Waals surface area contributed by atoms with Gasteiger partial charge in [-0.2, -0.15) is 0 Å². The number of hydrogen-bond donors (Lipinski definition) is 1. The largest absolute Gasteiger partial charge is 0.440 e. The molecule has 1 aliphatic rings.